The van der Waals surface area contributed by atoms with Gasteiger partial charge in [-0.2, -0.15) is 4.73 Å². The van der Waals surface area contributed by atoms with Gasteiger partial charge in [0.2, 0.25) is 11.8 Å². The number of aromatic hydroxyl groups is 1. The molecule has 5 aliphatic rings. The number of amides is 6. The number of hydrogen-bond donors (Lipinski definition) is 10. The van der Waals surface area contributed by atoms with Gasteiger partial charge in [0.1, 0.15) is 126 Å². The van der Waals surface area contributed by atoms with Crippen LogP contribution in [0.25, 0.3) is 49.3 Å². The van der Waals surface area contributed by atoms with Crippen LogP contribution in [0.5, 0.6) is 5.75 Å². The van der Waals surface area contributed by atoms with E-state index in [-0.39, 0.29) is 111 Å². The number of ether oxygens (including phenoxy) is 10. The van der Waals surface area contributed by atoms with Crippen LogP contribution in [0, 0.1) is 0 Å². The highest BCUT2D eigenvalue weighted by atomic mass is 32.1. The molecule has 13 rings (SSSR count). The topological polar surface area (TPSA) is 488 Å². The van der Waals surface area contributed by atoms with E-state index in [0.29, 0.717) is 89.3 Å². The Bertz CT molecular complexity index is 5010. The minimum atomic E-state index is -1.93. The lowest BCUT2D eigenvalue weighted by molar-refractivity contribution is -0.280. The highest BCUT2D eigenvalue weighted by Crippen LogP contribution is 2.43. The number of piperazine rings is 1. The van der Waals surface area contributed by atoms with Gasteiger partial charge in [0.25, 0.3) is 23.6 Å². The summed E-state index contributed by atoms with van der Waals surface area (Å²) in [5.41, 5.74) is 3.09. The average Bonchev–Trinajstić information content (AvgIpc) is 1.60. The van der Waals surface area contributed by atoms with Crippen LogP contribution in [0.15, 0.2) is 56.9 Å². The number of thiazole rings is 5. The van der Waals surface area contributed by atoms with Crippen molar-refractivity contribution in [1.29, 1.82) is 0 Å². The Morgan fingerprint density at radius 1 is 0.769 bits per heavy atom. The van der Waals surface area contributed by atoms with Crippen molar-refractivity contribution in [2.24, 2.45) is 5.73 Å². The molecule has 43 heteroatoms. The van der Waals surface area contributed by atoms with E-state index in [9.17, 15) is 39.7 Å². The fourth-order valence-corrected chi connectivity index (χ4v) is 18.4. The number of carbonyl (C=O) groups excluding carboxylic acids is 8. The lowest BCUT2D eigenvalue weighted by atomic mass is 9.85. The number of cyclic esters (lactones) is 2. The van der Waals surface area contributed by atoms with Crippen LogP contribution in [0.1, 0.15) is 125 Å². The smallest absolute Gasteiger partial charge is 0.358 e. The number of allylic oxidation sites excluding steroid dienone is 1. The molecule has 5 aliphatic heterocycles. The maximum Gasteiger partial charge on any atom is 0.358 e. The minimum absolute atomic E-state index is 0.00753. The molecule has 7 aromatic heterocycles. The van der Waals surface area contributed by atoms with E-state index in [4.69, 9.17) is 68.1 Å². The third kappa shape index (κ3) is 19.4. The summed E-state index contributed by atoms with van der Waals surface area (Å²) in [6, 6.07) is -0.513. The van der Waals surface area contributed by atoms with Crippen LogP contribution in [0.4, 0.5) is 0 Å². The van der Waals surface area contributed by atoms with Crippen molar-refractivity contribution in [2.75, 3.05) is 120 Å². The predicted molar refractivity (Wildman–Crippen MR) is 422 cm³/mol. The number of nitrogens with zero attached hydrogens (tertiary/aromatic N) is 10. The van der Waals surface area contributed by atoms with Crippen molar-refractivity contribution < 1.29 is 106 Å². The molecule has 38 nitrogen and oxygen atoms in total. The first-order valence-corrected chi connectivity index (χ1v) is 41.5. The van der Waals surface area contributed by atoms with Gasteiger partial charge >= 0.3 is 11.9 Å². The number of carbonyl (C=O) groups is 8. The molecule has 0 saturated carbocycles. The number of rotatable bonds is 23. The number of methoxy groups -OCH3 is 2. The lowest BCUT2D eigenvalue weighted by Crippen LogP contribution is -2.62. The molecule has 626 valence electrons. The second kappa shape index (κ2) is 37.6. The summed E-state index contributed by atoms with van der Waals surface area (Å²) in [4.78, 5) is 152. The first-order valence-electron chi connectivity index (χ1n) is 37.1. The quantitative estimate of drug-likeness (QED) is 0.0190. The predicted octanol–water partition coefficient (Wildman–Crippen LogP) is 3.06. The molecule has 2 fully saturated rings. The molecular weight excluding hydrogens is 1630 g/mol. The molecule has 8 aromatic rings. The number of fused-ring (bicyclic) bond motifs is 15. The van der Waals surface area contributed by atoms with Crippen LogP contribution >= 0.6 is 56.7 Å². The van der Waals surface area contributed by atoms with Gasteiger partial charge in [-0.3, -0.25) is 38.6 Å². The number of primary amides is 1. The van der Waals surface area contributed by atoms with E-state index in [2.05, 4.69) is 46.4 Å². The Balaban J connectivity index is 0.860. The number of aliphatic hydroxyl groups is 2. The Morgan fingerprint density at radius 3 is 2.11 bits per heavy atom. The molecule has 2 saturated heterocycles. The molecule has 6 amide bonds. The fourth-order valence-electron chi connectivity index (χ4n) is 14.2. The van der Waals surface area contributed by atoms with Gasteiger partial charge in [0.15, 0.2) is 18.1 Å². The summed E-state index contributed by atoms with van der Waals surface area (Å²) >= 11 is 4.52. The zero-order valence-electron chi connectivity index (χ0n) is 64.7. The van der Waals surface area contributed by atoms with Gasteiger partial charge in [-0.25, -0.2) is 39.5 Å². The molecule has 1 unspecified atom stereocenters. The van der Waals surface area contributed by atoms with Crippen LogP contribution in [-0.4, -0.2) is 292 Å². The third-order valence-corrected chi connectivity index (χ3v) is 24.5. The number of likely N-dealkylation sites (N-methyl/N-ethyl adjacent to an activating group) is 1. The minimum Gasteiger partial charge on any atom is -0.506 e. The monoisotopic (exact) mass is 1710 g/mol. The standard InChI is InChI=1S/C74H88N16O22S5/c1-35(91)52-66(98)85-53(36(2)104-8)69-80-47(34-115-69)65(97)86-56-58-59(112-50-25-74(4,101)60(87(5)6)37(3)111-50)73(100)109-27-38-10-9-11-48-51(38)40(28-108-58)57(90(48)102)72(99)110-29-42(77-63(95)45-33-117-71(56)82-45)68-78-43(30-114-68)54-39(67-79-46(31-113-67)64(96)84-52)24-49(92)55(83-54)70-81-44(32-116-70)62(94)76-41(61(75)93)26-89-14-12-88(13-15-89)16-17-105-20-21-107-23-22-106-19-18-103-7/h9-11,24,30-35,37,41-42,50,52,56,58-60,91-92,101-102H,12-23,25-29H2,1-8H3,(H2,75,93)(H,76,94)(H,77,95)(H,84,96)(H,85,98)(H,86,97)/b53-36+/t35-,37+,41?,42+,50+,52+,56+,58+,59+,60-,74+/m1/s1. The Labute approximate surface area is 688 Å². The van der Waals surface area contributed by atoms with Crippen molar-refractivity contribution in [3.63, 3.8) is 0 Å². The van der Waals surface area contributed by atoms with Gasteiger partial charge in [0, 0.05) is 96.2 Å². The van der Waals surface area contributed by atoms with Crippen LogP contribution < -0.4 is 32.3 Å². The number of esters is 2. The average molecular weight is 1710 g/mol. The van der Waals surface area contributed by atoms with E-state index >= 15 is 19.2 Å². The van der Waals surface area contributed by atoms with Crippen molar-refractivity contribution >= 4 is 121 Å². The van der Waals surface area contributed by atoms with Gasteiger partial charge < -0.3 is 105 Å². The van der Waals surface area contributed by atoms with Gasteiger partial charge in [-0.1, -0.05) is 12.1 Å². The van der Waals surface area contributed by atoms with Gasteiger partial charge in [0.05, 0.1) is 89.3 Å². The fraction of sp³-hybridized carbons (Fsp3) is 0.486. The molecule has 11 atom stereocenters. The maximum absolute atomic E-state index is 15.3. The SMILES string of the molecule is COCCOCCOCCOCCN1CCN(CC(NC(=O)c2csc(-c3nc4c(cc3O)-c3nc(cs3)C(=O)N[C@@H]([C@@H](C)O)C(=O)N/C(=C(\C)OC)c3nc(cs3)C(=O)N[C@@H]3c5nc(cs5)C(=O)N[C@@H](COC(=O)c5c6c7c(cccc7n5O)COC(=O)[C@@H](O[C@H]5C[C@](C)(O)[C@H](N(C)C)[C@H](C)O5)[C@H]3OC6)c3nc-4cs3)n2)C(N)=O)CC1. The van der Waals surface area contributed by atoms with E-state index in [1.165, 1.54) is 60.0 Å². The summed E-state index contributed by atoms with van der Waals surface area (Å²) in [7, 11) is 6.45. The van der Waals surface area contributed by atoms with E-state index in [1.807, 2.05) is 4.90 Å². The first-order chi connectivity index (χ1) is 56.2. The van der Waals surface area contributed by atoms with E-state index in [1.54, 1.807) is 52.1 Å². The number of benzene rings is 1. The molecule has 0 aliphatic carbocycles. The molecule has 12 bridgehead atoms. The second-order valence-electron chi connectivity index (χ2n) is 28.4. The largest absolute Gasteiger partial charge is 0.506 e. The van der Waals surface area contributed by atoms with Gasteiger partial charge in [-0.05, 0) is 59.5 Å². The molecule has 0 radical (unpaired) electrons. The number of aliphatic hydroxyl groups excluding tert-OH is 1. The van der Waals surface area contributed by atoms with Crippen molar-refractivity contribution in [1.82, 2.24) is 75.9 Å². The van der Waals surface area contributed by atoms with Crippen LogP contribution in [-0.2, 0) is 75.0 Å². The zero-order valence-corrected chi connectivity index (χ0v) is 68.8. The van der Waals surface area contributed by atoms with Crippen molar-refractivity contribution in [3.05, 3.63) is 112 Å². The van der Waals surface area contributed by atoms with Crippen LogP contribution in [0.3, 0.4) is 0 Å². The highest BCUT2D eigenvalue weighted by molar-refractivity contribution is 7.14. The number of aromatic nitrogens is 7. The Morgan fingerprint density at radius 2 is 1.41 bits per heavy atom. The number of pyridine rings is 1. The molecule has 1 aromatic carbocycles. The van der Waals surface area contributed by atoms with Crippen LogP contribution in [0.2, 0.25) is 0 Å². The molecule has 11 N–H and O–H groups in total. The summed E-state index contributed by atoms with van der Waals surface area (Å²) in [5.74, 6) is -7.97. The summed E-state index contributed by atoms with van der Waals surface area (Å²) in [6.07, 6.45) is -7.61. The van der Waals surface area contributed by atoms with E-state index < -0.39 is 145 Å². The van der Waals surface area contributed by atoms with Gasteiger partial charge in [-0.15, -0.1) is 56.7 Å². The number of hydrogen-bond acceptors (Lipinski definition) is 36. The molecule has 117 heavy (non-hydrogen) atoms. The zero-order chi connectivity index (χ0) is 83.1. The van der Waals surface area contributed by atoms with E-state index in [0.717, 1.165) is 56.7 Å². The first kappa shape index (κ1) is 85.4. The number of nitrogens with two attached hydrogens (primary N) is 1. The second-order valence-corrected chi connectivity index (χ2v) is 32.8. The third-order valence-electron chi connectivity index (χ3n) is 20.0. The molecule has 12 heterocycles. The van der Waals surface area contributed by atoms with Crippen molar-refractivity contribution in [2.45, 2.75) is 114 Å². The Hall–Kier alpha value is -9.52. The number of nitrogens with one attached hydrogen (secondary N) is 5. The normalized spacial score (nSPS) is 23.5. The Kier molecular flexibility index (Phi) is 27.4. The summed E-state index contributed by atoms with van der Waals surface area (Å²) in [6.45, 7) is 10.7. The summed E-state index contributed by atoms with van der Waals surface area (Å²) in [5, 5.41) is 68.7. The summed E-state index contributed by atoms with van der Waals surface area (Å²) < 4.78 is 60.2. The lowest BCUT2D eigenvalue weighted by Gasteiger charge is -2.48. The highest BCUT2D eigenvalue weighted by Gasteiger charge is 2.50. The maximum atomic E-state index is 15.3. The molecule has 0 spiro atoms. The molecular formula is C74H88N16O22S5. The van der Waals surface area contributed by atoms with Crippen molar-refractivity contribution in [3.8, 4) is 38.4 Å².